The Hall–Kier alpha value is -2.13. The Balaban J connectivity index is 2.10. The van der Waals surface area contributed by atoms with Gasteiger partial charge in [0.25, 0.3) is 5.91 Å². The third-order valence-electron chi connectivity index (χ3n) is 4.65. The molecule has 27 heavy (non-hydrogen) atoms. The van der Waals surface area contributed by atoms with Crippen LogP contribution in [0.5, 0.6) is 0 Å². The molecule has 0 saturated carbocycles. The number of carbonyl (C=O) groups excluding carboxylic acids is 1. The van der Waals surface area contributed by atoms with E-state index in [4.69, 9.17) is 39.9 Å². The number of nitrogens with zero attached hydrogens (tertiary/aromatic N) is 3. The van der Waals surface area contributed by atoms with Gasteiger partial charge in [-0.3, -0.25) is 10.0 Å². The number of hydroxylamine groups is 1. The second-order valence-electron chi connectivity index (χ2n) is 6.82. The lowest BCUT2D eigenvalue weighted by atomic mass is 9.91. The topological polar surface area (TPSA) is 130 Å². The molecule has 10 heteroatoms. The van der Waals surface area contributed by atoms with E-state index < -0.39 is 5.91 Å². The predicted molar refractivity (Wildman–Crippen MR) is 105 cm³/mol. The Morgan fingerprint density at radius 2 is 1.96 bits per heavy atom. The fourth-order valence-electron chi connectivity index (χ4n) is 3.00. The summed E-state index contributed by atoms with van der Waals surface area (Å²) in [5.41, 5.74) is 14.2. The normalized spacial score (nSPS) is 16.3. The van der Waals surface area contributed by atoms with Crippen molar-refractivity contribution in [3.05, 3.63) is 33.9 Å². The van der Waals surface area contributed by atoms with Crippen LogP contribution < -0.4 is 21.8 Å². The number of piperidine rings is 1. The van der Waals surface area contributed by atoms with E-state index in [1.165, 1.54) is 0 Å². The Labute approximate surface area is 166 Å². The minimum atomic E-state index is -0.822. The van der Waals surface area contributed by atoms with Gasteiger partial charge in [0.05, 0.1) is 15.6 Å². The lowest BCUT2D eigenvalue weighted by Gasteiger charge is -2.36. The van der Waals surface area contributed by atoms with Crippen LogP contribution in [0.25, 0.3) is 11.1 Å². The lowest BCUT2D eigenvalue weighted by molar-refractivity contribution is 0.0701. The number of nitrogens with one attached hydrogen (secondary N) is 1. The monoisotopic (exact) mass is 410 g/mol. The molecule has 2 aromatic rings. The van der Waals surface area contributed by atoms with Gasteiger partial charge in [-0.15, -0.1) is 0 Å². The zero-order valence-corrected chi connectivity index (χ0v) is 16.2. The van der Waals surface area contributed by atoms with E-state index in [1.807, 2.05) is 11.8 Å². The summed E-state index contributed by atoms with van der Waals surface area (Å²) in [4.78, 5) is 22.9. The van der Waals surface area contributed by atoms with Gasteiger partial charge in [-0.05, 0) is 25.8 Å². The Kier molecular flexibility index (Phi) is 5.43. The van der Waals surface area contributed by atoms with Gasteiger partial charge < -0.3 is 16.4 Å². The van der Waals surface area contributed by atoms with Crippen molar-refractivity contribution in [2.24, 2.45) is 5.73 Å². The Morgan fingerprint density at radius 1 is 1.30 bits per heavy atom. The number of nitrogen functional groups attached to an aromatic ring is 1. The van der Waals surface area contributed by atoms with Crippen molar-refractivity contribution in [3.8, 4) is 11.1 Å². The van der Waals surface area contributed by atoms with Crippen LogP contribution in [0.15, 0.2) is 18.2 Å². The first-order valence-corrected chi connectivity index (χ1v) is 9.09. The van der Waals surface area contributed by atoms with Gasteiger partial charge in [-0.25, -0.2) is 10.5 Å². The van der Waals surface area contributed by atoms with Crippen LogP contribution >= 0.6 is 23.2 Å². The van der Waals surface area contributed by atoms with Crippen LogP contribution in [-0.4, -0.2) is 39.7 Å². The minimum absolute atomic E-state index is 0.0591. The maximum Gasteiger partial charge on any atom is 0.294 e. The number of nitrogens with two attached hydrogens (primary N) is 2. The molecule has 2 heterocycles. The second kappa shape index (κ2) is 7.47. The molecular weight excluding hydrogens is 391 g/mol. The zero-order valence-electron chi connectivity index (χ0n) is 14.7. The molecule has 0 bridgehead atoms. The molecule has 1 aliphatic heterocycles. The fraction of sp³-hybridized carbons (Fsp3) is 0.353. The Morgan fingerprint density at radius 3 is 2.59 bits per heavy atom. The van der Waals surface area contributed by atoms with Crippen molar-refractivity contribution in [1.82, 2.24) is 15.4 Å². The number of benzene rings is 1. The van der Waals surface area contributed by atoms with Crippen molar-refractivity contribution in [1.29, 1.82) is 0 Å². The maximum absolute atomic E-state index is 12.3. The summed E-state index contributed by atoms with van der Waals surface area (Å²) in [6.45, 7) is 3.25. The van der Waals surface area contributed by atoms with Gasteiger partial charge in [0.15, 0.2) is 0 Å². The van der Waals surface area contributed by atoms with Gasteiger partial charge >= 0.3 is 0 Å². The SMILES string of the molecule is CC1(N)CCN(c2nc(N)c(-c3cccc(Cl)c3Cl)c(C(=O)NO)n2)CC1. The number of amides is 1. The molecule has 1 aromatic heterocycles. The molecule has 1 amide bonds. The number of hydrogen-bond acceptors (Lipinski definition) is 7. The summed E-state index contributed by atoms with van der Waals surface area (Å²) in [7, 11) is 0. The first-order valence-electron chi connectivity index (χ1n) is 8.33. The molecule has 8 nitrogen and oxygen atoms in total. The van der Waals surface area contributed by atoms with Gasteiger partial charge in [0.2, 0.25) is 5.95 Å². The van der Waals surface area contributed by atoms with Crippen LogP contribution in [0.1, 0.15) is 30.3 Å². The zero-order chi connectivity index (χ0) is 19.8. The summed E-state index contributed by atoms with van der Waals surface area (Å²) >= 11 is 12.4. The van der Waals surface area contributed by atoms with Crippen LogP contribution in [0.4, 0.5) is 11.8 Å². The largest absolute Gasteiger partial charge is 0.383 e. The van der Waals surface area contributed by atoms with Crippen molar-refractivity contribution in [2.75, 3.05) is 23.7 Å². The molecule has 1 saturated heterocycles. The molecule has 0 spiro atoms. The van der Waals surface area contributed by atoms with Crippen LogP contribution in [-0.2, 0) is 0 Å². The smallest absolute Gasteiger partial charge is 0.294 e. The van der Waals surface area contributed by atoms with E-state index in [0.29, 0.717) is 29.6 Å². The molecular formula is C17H20Cl2N6O2. The lowest BCUT2D eigenvalue weighted by Crippen LogP contribution is -2.48. The van der Waals surface area contributed by atoms with E-state index in [0.717, 1.165) is 12.8 Å². The van der Waals surface area contributed by atoms with E-state index in [-0.39, 0.29) is 27.6 Å². The highest BCUT2D eigenvalue weighted by Crippen LogP contribution is 2.38. The molecule has 0 atom stereocenters. The Bertz CT molecular complexity index is 880. The highest BCUT2D eigenvalue weighted by molar-refractivity contribution is 6.44. The van der Waals surface area contributed by atoms with Crippen molar-refractivity contribution in [3.63, 3.8) is 0 Å². The van der Waals surface area contributed by atoms with Crippen molar-refractivity contribution >= 4 is 40.9 Å². The molecule has 0 aliphatic carbocycles. The molecule has 144 valence electrons. The molecule has 6 N–H and O–H groups in total. The highest BCUT2D eigenvalue weighted by atomic mass is 35.5. The summed E-state index contributed by atoms with van der Waals surface area (Å²) in [6.07, 6.45) is 1.50. The summed E-state index contributed by atoms with van der Waals surface area (Å²) in [5.74, 6) is -0.468. The highest BCUT2D eigenvalue weighted by Gasteiger charge is 2.29. The van der Waals surface area contributed by atoms with Gasteiger partial charge in [-0.2, -0.15) is 4.98 Å². The van der Waals surface area contributed by atoms with Gasteiger partial charge in [-0.1, -0.05) is 35.3 Å². The summed E-state index contributed by atoms with van der Waals surface area (Å²) in [5, 5.41) is 9.67. The quantitative estimate of drug-likeness (QED) is 0.451. The second-order valence-corrected chi connectivity index (χ2v) is 7.60. The average Bonchev–Trinajstić information content (AvgIpc) is 2.63. The predicted octanol–water partition coefficient (Wildman–Crippen LogP) is 2.47. The maximum atomic E-state index is 12.3. The first kappa shape index (κ1) is 19.6. The van der Waals surface area contributed by atoms with Crippen LogP contribution in [0, 0.1) is 0 Å². The van der Waals surface area contributed by atoms with Crippen molar-refractivity contribution < 1.29 is 10.0 Å². The summed E-state index contributed by atoms with van der Waals surface area (Å²) < 4.78 is 0. The number of rotatable bonds is 3. The van der Waals surface area contributed by atoms with E-state index >= 15 is 0 Å². The van der Waals surface area contributed by atoms with E-state index in [9.17, 15) is 4.79 Å². The van der Waals surface area contributed by atoms with Crippen molar-refractivity contribution in [2.45, 2.75) is 25.3 Å². The van der Waals surface area contributed by atoms with Crippen LogP contribution in [0.2, 0.25) is 10.0 Å². The fourth-order valence-corrected chi connectivity index (χ4v) is 3.40. The number of carbonyl (C=O) groups is 1. The van der Waals surface area contributed by atoms with Gasteiger partial charge in [0.1, 0.15) is 11.5 Å². The average molecular weight is 411 g/mol. The molecule has 0 radical (unpaired) electrons. The molecule has 0 unspecified atom stereocenters. The number of anilines is 2. The number of hydrogen-bond donors (Lipinski definition) is 4. The third kappa shape index (κ3) is 3.93. The third-order valence-corrected chi connectivity index (χ3v) is 5.47. The number of halogens is 2. The minimum Gasteiger partial charge on any atom is -0.383 e. The van der Waals surface area contributed by atoms with E-state index in [2.05, 4.69) is 9.97 Å². The summed E-state index contributed by atoms with van der Waals surface area (Å²) in [6, 6.07) is 4.93. The molecule has 1 fully saturated rings. The first-order chi connectivity index (χ1) is 12.7. The van der Waals surface area contributed by atoms with E-state index in [1.54, 1.807) is 23.7 Å². The number of aromatic nitrogens is 2. The standard InChI is InChI=1S/C17H20Cl2N6O2/c1-17(21)5-7-25(8-6-17)16-22-13(15(26)24-27)11(14(20)23-16)9-3-2-4-10(18)12(9)19/h2-4,27H,5-8,21H2,1H3,(H,24,26)(H2,20,22,23). The van der Waals surface area contributed by atoms with Gasteiger partial charge in [0, 0.05) is 24.2 Å². The van der Waals surface area contributed by atoms with Crippen LogP contribution in [0.3, 0.4) is 0 Å². The molecule has 3 rings (SSSR count). The molecule has 1 aromatic carbocycles. The molecule has 1 aliphatic rings.